The molecule has 0 aliphatic heterocycles. The van der Waals surface area contributed by atoms with Crippen LogP contribution in [0, 0.1) is 13.8 Å². The lowest BCUT2D eigenvalue weighted by atomic mass is 10.3. The van der Waals surface area contributed by atoms with Crippen LogP contribution in [0.5, 0.6) is 0 Å². The van der Waals surface area contributed by atoms with Crippen molar-refractivity contribution in [2.45, 2.75) is 20.3 Å². The van der Waals surface area contributed by atoms with Crippen molar-refractivity contribution < 1.29 is 8.94 Å². The fraction of sp³-hybridized carbons (Fsp3) is 0.444. The summed E-state index contributed by atoms with van der Waals surface area (Å²) in [6, 6.07) is 0. The van der Waals surface area contributed by atoms with Gasteiger partial charge in [-0.1, -0.05) is 5.16 Å². The number of hydrogen-bond acceptors (Lipinski definition) is 6. The van der Waals surface area contributed by atoms with Crippen molar-refractivity contribution in [3.63, 3.8) is 0 Å². The van der Waals surface area contributed by atoms with Gasteiger partial charge in [-0.25, -0.2) is 4.98 Å². The van der Waals surface area contributed by atoms with Crippen molar-refractivity contribution in [3.8, 4) is 11.7 Å². The molecular weight excluding hydrogens is 196 g/mol. The summed E-state index contributed by atoms with van der Waals surface area (Å²) in [5.74, 6) is 2.06. The van der Waals surface area contributed by atoms with E-state index in [1.165, 1.54) is 0 Å². The Morgan fingerprint density at radius 2 is 2.07 bits per heavy atom. The molecule has 6 nitrogen and oxygen atoms in total. The molecule has 0 aliphatic rings. The van der Waals surface area contributed by atoms with Crippen LogP contribution in [0.3, 0.4) is 0 Å². The summed E-state index contributed by atoms with van der Waals surface area (Å²) in [6.45, 7) is 4.10. The van der Waals surface area contributed by atoms with Crippen LogP contribution in [0.1, 0.15) is 17.4 Å². The van der Waals surface area contributed by atoms with E-state index in [4.69, 9.17) is 14.7 Å². The molecule has 0 radical (unpaired) electrons. The fourth-order valence-electron chi connectivity index (χ4n) is 1.31. The molecule has 6 heteroatoms. The van der Waals surface area contributed by atoms with E-state index in [0.29, 0.717) is 36.3 Å². The maximum Gasteiger partial charge on any atom is 0.295 e. The molecule has 2 N–H and O–H groups in total. The number of oxazole rings is 1. The first-order chi connectivity index (χ1) is 7.20. The van der Waals surface area contributed by atoms with E-state index in [0.717, 1.165) is 5.69 Å². The van der Waals surface area contributed by atoms with Gasteiger partial charge in [-0.3, -0.25) is 0 Å². The molecule has 0 fully saturated rings. The molecule has 2 rings (SSSR count). The molecule has 0 unspecified atom stereocenters. The average molecular weight is 208 g/mol. The Labute approximate surface area is 86.5 Å². The van der Waals surface area contributed by atoms with Gasteiger partial charge < -0.3 is 14.7 Å². The predicted octanol–water partition coefficient (Wildman–Crippen LogP) is 0.843. The zero-order valence-electron chi connectivity index (χ0n) is 8.65. The summed E-state index contributed by atoms with van der Waals surface area (Å²) in [5, 5.41) is 3.78. The van der Waals surface area contributed by atoms with Crippen molar-refractivity contribution in [2.24, 2.45) is 5.73 Å². The largest absolute Gasteiger partial charge is 0.436 e. The Kier molecular flexibility index (Phi) is 2.51. The van der Waals surface area contributed by atoms with E-state index in [9.17, 15) is 0 Å². The highest BCUT2D eigenvalue weighted by Crippen LogP contribution is 2.22. The lowest BCUT2D eigenvalue weighted by molar-refractivity contribution is 0.406. The monoisotopic (exact) mass is 208 g/mol. The maximum absolute atomic E-state index is 5.39. The maximum atomic E-state index is 5.39. The van der Waals surface area contributed by atoms with E-state index >= 15 is 0 Å². The number of rotatable bonds is 3. The van der Waals surface area contributed by atoms with Gasteiger partial charge in [-0.2, -0.15) is 4.98 Å². The van der Waals surface area contributed by atoms with Crippen molar-refractivity contribution in [2.75, 3.05) is 6.54 Å². The van der Waals surface area contributed by atoms with Crippen molar-refractivity contribution >= 4 is 0 Å². The molecule has 0 bridgehead atoms. The highest BCUT2D eigenvalue weighted by atomic mass is 16.5. The molecular formula is C9H12N4O2. The smallest absolute Gasteiger partial charge is 0.295 e. The average Bonchev–Trinajstić information content (AvgIpc) is 2.73. The van der Waals surface area contributed by atoms with E-state index in [1.54, 1.807) is 6.92 Å². The predicted molar refractivity (Wildman–Crippen MR) is 52.0 cm³/mol. The van der Waals surface area contributed by atoms with Gasteiger partial charge in [0.1, 0.15) is 0 Å². The first-order valence-electron chi connectivity index (χ1n) is 4.67. The van der Waals surface area contributed by atoms with E-state index in [2.05, 4.69) is 15.1 Å². The molecule has 2 aromatic heterocycles. The molecule has 0 aliphatic carbocycles. The van der Waals surface area contributed by atoms with Crippen LogP contribution >= 0.6 is 0 Å². The van der Waals surface area contributed by atoms with E-state index in [-0.39, 0.29) is 0 Å². The van der Waals surface area contributed by atoms with Crippen LogP contribution < -0.4 is 5.73 Å². The van der Waals surface area contributed by atoms with Gasteiger partial charge >= 0.3 is 0 Å². The molecule has 0 aromatic carbocycles. The van der Waals surface area contributed by atoms with Crippen LogP contribution in [0.25, 0.3) is 11.7 Å². The van der Waals surface area contributed by atoms with Crippen LogP contribution in [0.2, 0.25) is 0 Å². The molecule has 0 spiro atoms. The second-order valence-electron chi connectivity index (χ2n) is 3.20. The molecule has 0 saturated heterocycles. The number of hydrogen-bond donors (Lipinski definition) is 1. The van der Waals surface area contributed by atoms with Crippen molar-refractivity contribution in [3.05, 3.63) is 17.4 Å². The number of nitrogens with two attached hydrogens (primary N) is 1. The van der Waals surface area contributed by atoms with Gasteiger partial charge in [0.2, 0.25) is 5.76 Å². The number of nitrogens with zero attached hydrogens (tertiary/aromatic N) is 3. The number of aryl methyl sites for hydroxylation is 2. The topological polar surface area (TPSA) is 91.0 Å². The quantitative estimate of drug-likeness (QED) is 0.803. The third kappa shape index (κ3) is 1.89. The molecule has 80 valence electrons. The second-order valence-corrected chi connectivity index (χ2v) is 3.20. The molecule has 0 saturated carbocycles. The highest BCUT2D eigenvalue weighted by Gasteiger charge is 2.16. The Morgan fingerprint density at radius 3 is 2.67 bits per heavy atom. The second kappa shape index (κ2) is 3.82. The fourth-order valence-corrected chi connectivity index (χ4v) is 1.31. The Balaban J connectivity index is 2.32. The first kappa shape index (κ1) is 9.85. The van der Waals surface area contributed by atoms with Gasteiger partial charge in [0.25, 0.3) is 5.89 Å². The molecule has 0 atom stereocenters. The van der Waals surface area contributed by atoms with Gasteiger partial charge in [0, 0.05) is 13.3 Å². The summed E-state index contributed by atoms with van der Waals surface area (Å²) in [6.07, 6.45) is 0.593. The van der Waals surface area contributed by atoms with Gasteiger partial charge in [0.15, 0.2) is 11.7 Å². The molecule has 2 heterocycles. The Bertz CT molecular complexity index is 460. The van der Waals surface area contributed by atoms with E-state index in [1.807, 2.05) is 6.92 Å². The van der Waals surface area contributed by atoms with Crippen LogP contribution in [-0.2, 0) is 6.42 Å². The van der Waals surface area contributed by atoms with Gasteiger partial charge in [-0.05, 0) is 13.5 Å². The SMILES string of the molecule is Cc1nc(C)c(-c2nc(CCN)no2)o1. The summed E-state index contributed by atoms with van der Waals surface area (Å²) < 4.78 is 10.4. The van der Waals surface area contributed by atoms with E-state index < -0.39 is 0 Å². The summed E-state index contributed by atoms with van der Waals surface area (Å²) in [7, 11) is 0. The van der Waals surface area contributed by atoms with Crippen LogP contribution in [0.4, 0.5) is 0 Å². The normalized spacial score (nSPS) is 10.9. The molecule has 2 aromatic rings. The minimum Gasteiger partial charge on any atom is -0.436 e. The minimum absolute atomic E-state index is 0.358. The Morgan fingerprint density at radius 1 is 1.27 bits per heavy atom. The summed E-state index contributed by atoms with van der Waals surface area (Å²) in [5.41, 5.74) is 6.13. The van der Waals surface area contributed by atoms with Crippen LogP contribution in [-0.4, -0.2) is 21.7 Å². The summed E-state index contributed by atoms with van der Waals surface area (Å²) >= 11 is 0. The zero-order chi connectivity index (χ0) is 10.8. The summed E-state index contributed by atoms with van der Waals surface area (Å²) in [4.78, 5) is 8.28. The highest BCUT2D eigenvalue weighted by molar-refractivity contribution is 5.47. The number of aromatic nitrogens is 3. The van der Waals surface area contributed by atoms with Crippen molar-refractivity contribution in [1.29, 1.82) is 0 Å². The minimum atomic E-state index is 0.358. The first-order valence-corrected chi connectivity index (χ1v) is 4.67. The standard InChI is InChI=1S/C9H12N4O2/c1-5-8(14-6(2)11-5)9-12-7(3-4-10)13-15-9/h3-4,10H2,1-2H3. The van der Waals surface area contributed by atoms with Crippen LogP contribution in [0.15, 0.2) is 8.94 Å². The zero-order valence-corrected chi connectivity index (χ0v) is 8.65. The van der Waals surface area contributed by atoms with Crippen molar-refractivity contribution in [1.82, 2.24) is 15.1 Å². The van der Waals surface area contributed by atoms with Gasteiger partial charge in [0.05, 0.1) is 5.69 Å². The third-order valence-electron chi connectivity index (χ3n) is 1.93. The lowest BCUT2D eigenvalue weighted by Crippen LogP contribution is -2.03. The Hall–Kier alpha value is -1.69. The third-order valence-corrected chi connectivity index (χ3v) is 1.93. The lowest BCUT2D eigenvalue weighted by Gasteiger charge is -1.86. The molecule has 15 heavy (non-hydrogen) atoms. The molecule has 0 amide bonds. The van der Waals surface area contributed by atoms with Gasteiger partial charge in [-0.15, -0.1) is 0 Å².